The Bertz CT molecular complexity index is 1210. The third kappa shape index (κ3) is 2.60. The molecule has 164 valence electrons. The molecule has 0 radical (unpaired) electrons. The second-order valence-electron chi connectivity index (χ2n) is 9.28. The number of hydrogen-bond donors (Lipinski definition) is 0. The van der Waals surface area contributed by atoms with Gasteiger partial charge < -0.3 is 14.2 Å². The summed E-state index contributed by atoms with van der Waals surface area (Å²) in [5.74, 6) is 0.743. The second kappa shape index (κ2) is 6.53. The first-order valence-corrected chi connectivity index (χ1v) is 11.1. The van der Waals surface area contributed by atoms with E-state index >= 15 is 0 Å². The summed E-state index contributed by atoms with van der Waals surface area (Å²) in [6, 6.07) is 4.29. The number of fused-ring (bicyclic) bond motifs is 3. The van der Waals surface area contributed by atoms with Crippen LogP contribution in [0, 0.1) is 11.3 Å². The van der Waals surface area contributed by atoms with Gasteiger partial charge in [-0.25, -0.2) is 0 Å². The number of carbonyl (C=O) groups is 1. The molecule has 0 bridgehead atoms. The molecule has 2 fully saturated rings. The highest BCUT2D eigenvalue weighted by molar-refractivity contribution is 6.33. The number of aromatic nitrogens is 2. The predicted octanol–water partition coefficient (Wildman–Crippen LogP) is 3.48. The van der Waals surface area contributed by atoms with Crippen molar-refractivity contribution in [3.05, 3.63) is 34.4 Å². The van der Waals surface area contributed by atoms with Crippen molar-refractivity contribution in [3.8, 4) is 6.07 Å². The molecule has 1 amide bonds. The third-order valence-corrected chi connectivity index (χ3v) is 7.36. The van der Waals surface area contributed by atoms with Crippen LogP contribution in [0.5, 0.6) is 0 Å². The summed E-state index contributed by atoms with van der Waals surface area (Å²) in [6.45, 7) is 4.52. The van der Waals surface area contributed by atoms with E-state index in [0.29, 0.717) is 36.1 Å². The highest BCUT2D eigenvalue weighted by Crippen LogP contribution is 2.50. The zero-order valence-electron chi connectivity index (χ0n) is 17.7. The summed E-state index contributed by atoms with van der Waals surface area (Å²) >= 11 is 6.36. The third-order valence-electron chi connectivity index (χ3n) is 7.05. The van der Waals surface area contributed by atoms with Crippen LogP contribution in [0.1, 0.15) is 62.9 Å². The van der Waals surface area contributed by atoms with Crippen molar-refractivity contribution < 1.29 is 14.1 Å². The molecule has 32 heavy (non-hydrogen) atoms. The molecule has 0 N–H and O–H groups in total. The Morgan fingerprint density at radius 2 is 2.09 bits per heavy atom. The van der Waals surface area contributed by atoms with E-state index < -0.39 is 17.8 Å². The van der Waals surface area contributed by atoms with Gasteiger partial charge in [-0.15, -0.1) is 0 Å². The summed E-state index contributed by atoms with van der Waals surface area (Å²) in [7, 11) is 0. The van der Waals surface area contributed by atoms with Gasteiger partial charge in [0.05, 0.1) is 28.3 Å². The molecule has 4 aliphatic rings. The minimum Gasteiger partial charge on any atom is -0.355 e. The molecule has 1 saturated heterocycles. The molecule has 9 nitrogen and oxygen atoms in total. The minimum absolute atomic E-state index is 0.0530. The summed E-state index contributed by atoms with van der Waals surface area (Å²) in [6.07, 6.45) is 5.11. The van der Waals surface area contributed by atoms with E-state index in [2.05, 4.69) is 28.1 Å². The smallest absolute Gasteiger partial charge is 0.255 e. The fourth-order valence-electron chi connectivity index (χ4n) is 4.88. The summed E-state index contributed by atoms with van der Waals surface area (Å²) in [5.41, 5.74) is 0.430. The van der Waals surface area contributed by atoms with Crippen LogP contribution in [0.2, 0.25) is 5.02 Å². The first kappa shape index (κ1) is 19.7. The van der Waals surface area contributed by atoms with Crippen molar-refractivity contribution in [2.75, 3.05) is 16.4 Å². The van der Waals surface area contributed by atoms with Crippen molar-refractivity contribution in [3.63, 3.8) is 0 Å². The molecule has 6 rings (SSSR count). The lowest BCUT2D eigenvalue weighted by molar-refractivity contribution is -0.125. The van der Waals surface area contributed by atoms with Crippen molar-refractivity contribution >= 4 is 35.2 Å². The number of benzene rings is 1. The lowest BCUT2D eigenvalue weighted by Gasteiger charge is -2.46. The molecule has 0 spiro atoms. The SMILES string of the molecule is CC1(c2noc(C3N=CN4c5ccc(Cl)c(C#N)c5N(C5(C)CCCO5)C(=O)C34)n2)CC1. The average Bonchev–Trinajstić information content (AvgIpc) is 3.19. The Labute approximate surface area is 189 Å². The topological polar surface area (TPSA) is 108 Å². The number of amides is 1. The monoisotopic (exact) mass is 452 g/mol. The molecule has 1 aliphatic carbocycles. The van der Waals surface area contributed by atoms with E-state index in [9.17, 15) is 10.1 Å². The van der Waals surface area contributed by atoms with E-state index in [4.69, 9.17) is 20.9 Å². The van der Waals surface area contributed by atoms with Crippen molar-refractivity contribution in [2.24, 2.45) is 4.99 Å². The predicted molar refractivity (Wildman–Crippen MR) is 116 cm³/mol. The fourth-order valence-corrected chi connectivity index (χ4v) is 5.07. The van der Waals surface area contributed by atoms with Gasteiger partial charge in [0.2, 0.25) is 0 Å². The Morgan fingerprint density at radius 3 is 2.78 bits per heavy atom. The number of rotatable bonds is 3. The number of nitriles is 1. The Morgan fingerprint density at radius 1 is 1.28 bits per heavy atom. The largest absolute Gasteiger partial charge is 0.355 e. The molecule has 3 atom stereocenters. The number of halogens is 1. The van der Waals surface area contributed by atoms with E-state index in [0.717, 1.165) is 19.3 Å². The molecule has 3 unspecified atom stereocenters. The maximum Gasteiger partial charge on any atom is 0.255 e. The van der Waals surface area contributed by atoms with Crippen LogP contribution in [0.3, 0.4) is 0 Å². The van der Waals surface area contributed by atoms with Gasteiger partial charge in [0.1, 0.15) is 17.8 Å². The first-order valence-electron chi connectivity index (χ1n) is 10.7. The van der Waals surface area contributed by atoms with E-state index in [1.807, 2.05) is 13.0 Å². The maximum absolute atomic E-state index is 14.0. The zero-order chi connectivity index (χ0) is 22.3. The highest BCUT2D eigenvalue weighted by atomic mass is 35.5. The normalized spacial score (nSPS) is 29.8. The van der Waals surface area contributed by atoms with E-state index in [1.54, 1.807) is 22.2 Å². The molecule has 2 aromatic rings. The molecule has 1 saturated carbocycles. The minimum atomic E-state index is -0.886. The number of anilines is 2. The molecule has 1 aromatic heterocycles. The van der Waals surface area contributed by atoms with Crippen LogP contribution in [0.25, 0.3) is 0 Å². The number of ether oxygens (including phenoxy) is 1. The maximum atomic E-state index is 14.0. The van der Waals surface area contributed by atoms with Gasteiger partial charge in [-0.05, 0) is 44.7 Å². The number of aliphatic imine (C=N–C) groups is 1. The van der Waals surface area contributed by atoms with Gasteiger partial charge in [0, 0.05) is 12.0 Å². The van der Waals surface area contributed by atoms with Gasteiger partial charge in [-0.2, -0.15) is 10.2 Å². The lowest BCUT2D eigenvalue weighted by Crippen LogP contribution is -2.60. The molecular formula is C22H21ClN6O3. The van der Waals surface area contributed by atoms with Crippen molar-refractivity contribution in [1.29, 1.82) is 5.26 Å². The van der Waals surface area contributed by atoms with Gasteiger partial charge in [-0.1, -0.05) is 23.7 Å². The standard InChI is InChI=1S/C22H21ClN6O3/c1-21(7-8-21)20-26-18(32-27-20)15-17-19(30)29(22(2)6-3-9-31-22)16-12(10-24)13(23)4-5-14(16)28(17)11-25-15/h4-5,11,15,17H,3,6-9H2,1-2H3. The summed E-state index contributed by atoms with van der Waals surface area (Å²) in [4.78, 5) is 26.6. The van der Waals surface area contributed by atoms with Gasteiger partial charge in [0.15, 0.2) is 11.9 Å². The van der Waals surface area contributed by atoms with Crippen molar-refractivity contribution in [1.82, 2.24) is 10.1 Å². The fraction of sp³-hybridized carbons (Fsp3) is 0.500. The number of hydrogen-bond acceptors (Lipinski definition) is 8. The van der Waals surface area contributed by atoms with Crippen molar-refractivity contribution in [2.45, 2.75) is 62.8 Å². The molecule has 10 heteroatoms. The van der Waals surface area contributed by atoms with E-state index in [1.165, 1.54) is 0 Å². The van der Waals surface area contributed by atoms with E-state index in [-0.39, 0.29) is 21.9 Å². The molecule has 1 aromatic carbocycles. The van der Waals surface area contributed by atoms with Crippen LogP contribution in [-0.4, -0.2) is 40.8 Å². The average molecular weight is 453 g/mol. The van der Waals surface area contributed by atoms with Gasteiger partial charge in [-0.3, -0.25) is 14.7 Å². The van der Waals surface area contributed by atoms with Crippen LogP contribution < -0.4 is 9.80 Å². The molecular weight excluding hydrogens is 432 g/mol. The molecule has 4 heterocycles. The van der Waals surface area contributed by atoms with Gasteiger partial charge >= 0.3 is 0 Å². The van der Waals surface area contributed by atoms with Crippen LogP contribution in [0.15, 0.2) is 21.6 Å². The number of carbonyl (C=O) groups excluding carboxylic acids is 1. The Balaban J connectivity index is 1.48. The second-order valence-corrected chi connectivity index (χ2v) is 9.69. The summed E-state index contributed by atoms with van der Waals surface area (Å²) in [5, 5.41) is 14.3. The lowest BCUT2D eigenvalue weighted by atomic mass is 9.95. The first-order chi connectivity index (χ1) is 15.4. The molecule has 3 aliphatic heterocycles. The van der Waals surface area contributed by atoms with Gasteiger partial charge in [0.25, 0.3) is 11.8 Å². The van der Waals surface area contributed by atoms with Crippen LogP contribution in [0.4, 0.5) is 11.4 Å². The quantitative estimate of drug-likeness (QED) is 0.701. The Kier molecular flexibility index (Phi) is 4.02. The Hall–Kier alpha value is -2.96. The van der Waals surface area contributed by atoms with Crippen LogP contribution in [-0.2, 0) is 14.9 Å². The highest BCUT2D eigenvalue weighted by Gasteiger charge is 2.54. The number of nitrogens with zero attached hydrogens (tertiary/aromatic N) is 6. The van der Waals surface area contributed by atoms with Crippen LogP contribution >= 0.6 is 11.6 Å². The summed E-state index contributed by atoms with van der Waals surface area (Å²) < 4.78 is 11.6. The zero-order valence-corrected chi connectivity index (χ0v) is 18.5.